The molecule has 0 amide bonds. The fraction of sp³-hybridized carbons (Fsp3) is 0.310. The zero-order valence-electron chi connectivity index (χ0n) is 19.3. The summed E-state index contributed by atoms with van der Waals surface area (Å²) < 4.78 is 19.1. The zero-order chi connectivity index (χ0) is 23.8. The van der Waals surface area contributed by atoms with Gasteiger partial charge in [0.25, 0.3) is 0 Å². The molecule has 4 rings (SSSR count). The fourth-order valence-electron chi connectivity index (χ4n) is 4.39. The SMILES string of the molecule is O=C(CCN1CCCC(COc2cccc(C(=O)c3ccccc3)c2)C1)Cc1ccc(F)cc1. The fourth-order valence-corrected chi connectivity index (χ4v) is 4.39. The van der Waals surface area contributed by atoms with E-state index in [0.29, 0.717) is 42.2 Å². The molecule has 3 aromatic carbocycles. The Kier molecular flexibility index (Phi) is 8.21. The molecule has 0 spiro atoms. The topological polar surface area (TPSA) is 46.6 Å². The number of likely N-dealkylation sites (tertiary alicyclic amines) is 1. The van der Waals surface area contributed by atoms with E-state index in [1.165, 1.54) is 12.1 Å². The Balaban J connectivity index is 1.24. The van der Waals surface area contributed by atoms with Crippen LogP contribution in [0.2, 0.25) is 0 Å². The molecule has 3 aromatic rings. The number of carbonyl (C=O) groups excluding carboxylic acids is 2. The minimum Gasteiger partial charge on any atom is -0.493 e. The molecule has 0 bridgehead atoms. The first-order chi connectivity index (χ1) is 16.6. The average molecular weight is 460 g/mol. The van der Waals surface area contributed by atoms with Gasteiger partial charge in [-0.1, -0.05) is 54.6 Å². The van der Waals surface area contributed by atoms with Crippen molar-refractivity contribution in [2.75, 3.05) is 26.2 Å². The van der Waals surface area contributed by atoms with E-state index in [-0.39, 0.29) is 17.4 Å². The number of hydrogen-bond donors (Lipinski definition) is 0. The molecular weight excluding hydrogens is 429 g/mol. The van der Waals surface area contributed by atoms with Crippen molar-refractivity contribution in [3.63, 3.8) is 0 Å². The van der Waals surface area contributed by atoms with E-state index >= 15 is 0 Å². The predicted molar refractivity (Wildman–Crippen MR) is 131 cm³/mol. The van der Waals surface area contributed by atoms with Gasteiger partial charge < -0.3 is 9.64 Å². The van der Waals surface area contributed by atoms with Crippen LogP contribution in [0.1, 0.15) is 40.7 Å². The maximum atomic E-state index is 13.0. The number of nitrogens with zero attached hydrogens (tertiary/aromatic N) is 1. The summed E-state index contributed by atoms with van der Waals surface area (Å²) in [6.45, 7) is 3.20. The van der Waals surface area contributed by atoms with Gasteiger partial charge in [-0.15, -0.1) is 0 Å². The van der Waals surface area contributed by atoms with E-state index < -0.39 is 0 Å². The van der Waals surface area contributed by atoms with Crippen LogP contribution < -0.4 is 4.74 Å². The van der Waals surface area contributed by atoms with Crippen LogP contribution in [0.5, 0.6) is 5.75 Å². The molecule has 0 N–H and O–H groups in total. The number of Topliss-reactive ketones (excluding diaryl/α,β-unsaturated/α-hetero) is 1. The van der Waals surface area contributed by atoms with Crippen LogP contribution >= 0.6 is 0 Å². The van der Waals surface area contributed by atoms with Crippen molar-refractivity contribution in [2.24, 2.45) is 5.92 Å². The van der Waals surface area contributed by atoms with Gasteiger partial charge in [0.15, 0.2) is 5.78 Å². The van der Waals surface area contributed by atoms with Crippen LogP contribution in [0.3, 0.4) is 0 Å². The molecule has 1 aliphatic heterocycles. The lowest BCUT2D eigenvalue weighted by Gasteiger charge is -2.32. The molecule has 34 heavy (non-hydrogen) atoms. The Morgan fingerprint density at radius 3 is 2.50 bits per heavy atom. The van der Waals surface area contributed by atoms with Crippen molar-refractivity contribution < 1.29 is 18.7 Å². The molecule has 176 valence electrons. The Morgan fingerprint density at radius 2 is 1.71 bits per heavy atom. The zero-order valence-corrected chi connectivity index (χ0v) is 19.3. The summed E-state index contributed by atoms with van der Waals surface area (Å²) in [5.41, 5.74) is 2.13. The van der Waals surface area contributed by atoms with Crippen LogP contribution in [0.15, 0.2) is 78.9 Å². The quantitative estimate of drug-likeness (QED) is 0.384. The number of halogens is 1. The van der Waals surface area contributed by atoms with Crippen LogP contribution in [0, 0.1) is 11.7 Å². The number of hydrogen-bond acceptors (Lipinski definition) is 4. The summed E-state index contributed by atoms with van der Waals surface area (Å²) >= 11 is 0. The highest BCUT2D eigenvalue weighted by molar-refractivity contribution is 6.09. The molecule has 5 heteroatoms. The third-order valence-electron chi connectivity index (χ3n) is 6.24. The van der Waals surface area contributed by atoms with Gasteiger partial charge in [0, 0.05) is 43.0 Å². The summed E-state index contributed by atoms with van der Waals surface area (Å²) in [4.78, 5) is 27.4. The number of rotatable bonds is 10. The highest BCUT2D eigenvalue weighted by atomic mass is 19.1. The number of ether oxygens (including phenoxy) is 1. The van der Waals surface area contributed by atoms with Gasteiger partial charge in [-0.2, -0.15) is 0 Å². The van der Waals surface area contributed by atoms with E-state index in [2.05, 4.69) is 4.90 Å². The van der Waals surface area contributed by atoms with Gasteiger partial charge >= 0.3 is 0 Å². The monoisotopic (exact) mass is 459 g/mol. The summed E-state index contributed by atoms with van der Waals surface area (Å²) in [6.07, 6.45) is 3.00. The molecule has 1 unspecified atom stereocenters. The summed E-state index contributed by atoms with van der Waals surface area (Å²) in [7, 11) is 0. The standard InChI is InChI=1S/C29H30FNO3/c30-26-13-11-22(12-14-26)18-27(32)15-17-31-16-5-6-23(20-31)21-34-28-10-4-9-25(19-28)29(33)24-7-2-1-3-8-24/h1-4,7-14,19,23H,5-6,15-18,20-21H2. The first-order valence-electron chi connectivity index (χ1n) is 11.9. The normalized spacial score (nSPS) is 16.2. The molecule has 1 heterocycles. The van der Waals surface area contributed by atoms with E-state index in [1.807, 2.05) is 54.6 Å². The van der Waals surface area contributed by atoms with Gasteiger partial charge in [0.2, 0.25) is 0 Å². The smallest absolute Gasteiger partial charge is 0.193 e. The second kappa shape index (κ2) is 11.7. The molecule has 0 saturated carbocycles. The minimum atomic E-state index is -0.285. The lowest BCUT2D eigenvalue weighted by Crippen LogP contribution is -2.38. The van der Waals surface area contributed by atoms with Gasteiger partial charge in [-0.25, -0.2) is 4.39 Å². The van der Waals surface area contributed by atoms with Crippen LogP contribution in [0.25, 0.3) is 0 Å². The number of ketones is 2. The van der Waals surface area contributed by atoms with Crippen molar-refractivity contribution in [1.82, 2.24) is 4.90 Å². The van der Waals surface area contributed by atoms with Crippen LogP contribution in [-0.2, 0) is 11.2 Å². The molecule has 4 nitrogen and oxygen atoms in total. The molecule has 0 aliphatic carbocycles. The highest BCUT2D eigenvalue weighted by Gasteiger charge is 2.21. The van der Waals surface area contributed by atoms with E-state index in [9.17, 15) is 14.0 Å². The average Bonchev–Trinajstić information content (AvgIpc) is 2.88. The Labute approximate surface area is 200 Å². The van der Waals surface area contributed by atoms with Gasteiger partial charge in [-0.05, 0) is 49.2 Å². The first kappa shape index (κ1) is 23.8. The highest BCUT2D eigenvalue weighted by Crippen LogP contribution is 2.21. The predicted octanol–water partition coefficient (Wildman–Crippen LogP) is 5.35. The van der Waals surface area contributed by atoms with Crippen molar-refractivity contribution in [3.05, 3.63) is 101 Å². The maximum Gasteiger partial charge on any atom is 0.193 e. The summed E-state index contributed by atoms with van der Waals surface area (Å²) in [6, 6.07) is 22.7. The van der Waals surface area contributed by atoms with E-state index in [4.69, 9.17) is 4.74 Å². The maximum absolute atomic E-state index is 13.0. The van der Waals surface area contributed by atoms with Gasteiger partial charge in [0.05, 0.1) is 6.61 Å². The summed E-state index contributed by atoms with van der Waals surface area (Å²) in [5.74, 6) is 0.959. The number of benzene rings is 3. The third-order valence-corrected chi connectivity index (χ3v) is 6.24. The van der Waals surface area contributed by atoms with Crippen molar-refractivity contribution in [2.45, 2.75) is 25.7 Å². The Hall–Kier alpha value is -3.31. The lowest BCUT2D eigenvalue weighted by atomic mass is 9.98. The number of piperidine rings is 1. The molecule has 1 aliphatic rings. The largest absolute Gasteiger partial charge is 0.493 e. The molecule has 1 atom stereocenters. The summed E-state index contributed by atoms with van der Waals surface area (Å²) in [5, 5.41) is 0. The van der Waals surface area contributed by atoms with Gasteiger partial charge in [-0.3, -0.25) is 9.59 Å². The van der Waals surface area contributed by atoms with E-state index in [1.54, 1.807) is 12.1 Å². The lowest BCUT2D eigenvalue weighted by molar-refractivity contribution is -0.118. The van der Waals surface area contributed by atoms with Crippen molar-refractivity contribution >= 4 is 11.6 Å². The molecule has 0 aromatic heterocycles. The van der Waals surface area contributed by atoms with Crippen molar-refractivity contribution in [1.29, 1.82) is 0 Å². The Morgan fingerprint density at radius 1 is 0.941 bits per heavy atom. The molecule has 1 saturated heterocycles. The van der Waals surface area contributed by atoms with Crippen LogP contribution in [-0.4, -0.2) is 42.7 Å². The second-order valence-electron chi connectivity index (χ2n) is 8.93. The van der Waals surface area contributed by atoms with E-state index in [0.717, 1.165) is 38.0 Å². The van der Waals surface area contributed by atoms with Crippen LogP contribution in [0.4, 0.5) is 4.39 Å². The molecule has 0 radical (unpaired) electrons. The van der Waals surface area contributed by atoms with Gasteiger partial charge in [0.1, 0.15) is 17.3 Å². The van der Waals surface area contributed by atoms with Crippen molar-refractivity contribution in [3.8, 4) is 5.75 Å². The number of carbonyl (C=O) groups is 2. The minimum absolute atomic E-state index is 0.0137. The molecule has 1 fully saturated rings. The third kappa shape index (κ3) is 6.84. The second-order valence-corrected chi connectivity index (χ2v) is 8.93. The Bertz CT molecular complexity index is 1100. The first-order valence-corrected chi connectivity index (χ1v) is 11.9. The molecular formula is C29H30FNO3.